The van der Waals surface area contributed by atoms with Crippen molar-refractivity contribution >= 4 is 35.8 Å². The monoisotopic (exact) mass is 453 g/mol. The average Bonchev–Trinajstić information content (AvgIpc) is 2.65. The summed E-state index contributed by atoms with van der Waals surface area (Å²) in [7, 11) is 1.73. The molecule has 6 nitrogen and oxygen atoms in total. The molecule has 1 aromatic heterocycles. The van der Waals surface area contributed by atoms with Gasteiger partial charge in [0.1, 0.15) is 0 Å². The lowest BCUT2D eigenvalue weighted by molar-refractivity contribution is 0.0954. The fraction of sp³-hybridized carbons (Fsp3) is 0.278. The Kier molecular flexibility index (Phi) is 10.2. The molecule has 2 rings (SSSR count). The van der Waals surface area contributed by atoms with Gasteiger partial charge in [-0.05, 0) is 24.1 Å². The second kappa shape index (κ2) is 12.2. The Morgan fingerprint density at radius 1 is 1.00 bits per heavy atom. The van der Waals surface area contributed by atoms with Crippen molar-refractivity contribution in [3.05, 3.63) is 66.0 Å². The van der Waals surface area contributed by atoms with Crippen molar-refractivity contribution in [1.82, 2.24) is 20.9 Å². The predicted octanol–water partition coefficient (Wildman–Crippen LogP) is 1.84. The number of guanidine groups is 1. The van der Waals surface area contributed by atoms with E-state index in [0.29, 0.717) is 18.7 Å². The molecule has 0 atom stereocenters. The predicted molar refractivity (Wildman–Crippen MR) is 111 cm³/mol. The summed E-state index contributed by atoms with van der Waals surface area (Å²) in [4.78, 5) is 20.0. The summed E-state index contributed by atoms with van der Waals surface area (Å²) >= 11 is 0. The molecule has 0 spiro atoms. The molecule has 0 aliphatic heterocycles. The maximum absolute atomic E-state index is 11.9. The van der Waals surface area contributed by atoms with E-state index in [4.69, 9.17) is 0 Å². The molecule has 0 aliphatic rings. The molecule has 7 heteroatoms. The third-order valence-electron chi connectivity index (χ3n) is 3.40. The molecule has 2 aromatic rings. The van der Waals surface area contributed by atoms with Crippen molar-refractivity contribution < 1.29 is 4.79 Å². The van der Waals surface area contributed by atoms with E-state index in [0.717, 1.165) is 18.9 Å². The molecule has 0 bridgehead atoms. The summed E-state index contributed by atoms with van der Waals surface area (Å²) in [5.74, 6) is 0.596. The van der Waals surface area contributed by atoms with Crippen molar-refractivity contribution in [2.75, 3.05) is 26.7 Å². The summed E-state index contributed by atoms with van der Waals surface area (Å²) in [5.41, 5.74) is 1.84. The zero-order valence-electron chi connectivity index (χ0n) is 14.2. The van der Waals surface area contributed by atoms with Gasteiger partial charge in [0.2, 0.25) is 0 Å². The highest BCUT2D eigenvalue weighted by molar-refractivity contribution is 14.0. The van der Waals surface area contributed by atoms with E-state index in [9.17, 15) is 4.79 Å². The number of carbonyl (C=O) groups is 1. The second-order valence-corrected chi connectivity index (χ2v) is 5.16. The van der Waals surface area contributed by atoms with Gasteiger partial charge in [-0.3, -0.25) is 14.8 Å². The Labute approximate surface area is 165 Å². The molecule has 0 aliphatic carbocycles. The van der Waals surface area contributed by atoms with Crippen LogP contribution in [0.1, 0.15) is 15.9 Å². The first-order valence-corrected chi connectivity index (χ1v) is 7.96. The number of hydrogen-bond donors (Lipinski definition) is 3. The van der Waals surface area contributed by atoms with E-state index < -0.39 is 0 Å². The Balaban J connectivity index is 0.00000312. The van der Waals surface area contributed by atoms with E-state index in [2.05, 4.69) is 38.1 Å². The van der Waals surface area contributed by atoms with E-state index >= 15 is 0 Å². The van der Waals surface area contributed by atoms with Gasteiger partial charge in [0.25, 0.3) is 5.91 Å². The molecule has 0 unspecified atom stereocenters. The summed E-state index contributed by atoms with van der Waals surface area (Å²) < 4.78 is 0. The van der Waals surface area contributed by atoms with Crippen LogP contribution >= 0.6 is 24.0 Å². The summed E-state index contributed by atoms with van der Waals surface area (Å²) in [5, 5.41) is 9.26. The standard InChI is InChI=1S/C18H23N5O.HI/c1-19-18(22-11-9-15-6-3-2-4-7-15)23-13-12-21-17(24)16-8-5-10-20-14-16;/h2-8,10,14H,9,11-13H2,1H3,(H,21,24)(H2,19,22,23);1H. The smallest absolute Gasteiger partial charge is 0.252 e. The van der Waals surface area contributed by atoms with E-state index in [-0.39, 0.29) is 29.9 Å². The van der Waals surface area contributed by atoms with Crippen LogP contribution in [0.15, 0.2) is 59.9 Å². The van der Waals surface area contributed by atoms with E-state index in [1.54, 1.807) is 31.6 Å². The third kappa shape index (κ3) is 7.97. The molecule has 25 heavy (non-hydrogen) atoms. The summed E-state index contributed by atoms with van der Waals surface area (Å²) in [6, 6.07) is 13.8. The minimum Gasteiger partial charge on any atom is -0.356 e. The molecule has 1 heterocycles. The Bertz CT molecular complexity index is 649. The van der Waals surface area contributed by atoms with Crippen LogP contribution in [0, 0.1) is 0 Å². The van der Waals surface area contributed by atoms with Crippen molar-refractivity contribution in [3.8, 4) is 0 Å². The second-order valence-electron chi connectivity index (χ2n) is 5.16. The number of amides is 1. The number of nitrogens with zero attached hydrogens (tertiary/aromatic N) is 2. The fourth-order valence-electron chi connectivity index (χ4n) is 2.15. The number of halogens is 1. The Morgan fingerprint density at radius 3 is 2.40 bits per heavy atom. The van der Waals surface area contributed by atoms with Gasteiger partial charge in [-0.2, -0.15) is 0 Å². The van der Waals surface area contributed by atoms with Crippen molar-refractivity contribution in [1.29, 1.82) is 0 Å². The van der Waals surface area contributed by atoms with Gasteiger partial charge in [0.15, 0.2) is 5.96 Å². The van der Waals surface area contributed by atoms with Crippen LogP contribution in [-0.2, 0) is 6.42 Å². The molecule has 0 fully saturated rings. The van der Waals surface area contributed by atoms with Crippen LogP contribution in [-0.4, -0.2) is 43.5 Å². The number of nitrogens with one attached hydrogen (secondary N) is 3. The first-order valence-electron chi connectivity index (χ1n) is 7.96. The van der Waals surface area contributed by atoms with Gasteiger partial charge < -0.3 is 16.0 Å². The van der Waals surface area contributed by atoms with Crippen molar-refractivity contribution in [2.45, 2.75) is 6.42 Å². The van der Waals surface area contributed by atoms with Crippen LogP contribution < -0.4 is 16.0 Å². The van der Waals surface area contributed by atoms with Crippen LogP contribution in [0.25, 0.3) is 0 Å². The van der Waals surface area contributed by atoms with Gasteiger partial charge in [-0.15, -0.1) is 24.0 Å². The van der Waals surface area contributed by atoms with Crippen LogP contribution in [0.4, 0.5) is 0 Å². The Hall–Kier alpha value is -2.16. The fourth-order valence-corrected chi connectivity index (χ4v) is 2.15. The van der Waals surface area contributed by atoms with Crippen molar-refractivity contribution in [3.63, 3.8) is 0 Å². The first-order chi connectivity index (χ1) is 11.8. The lowest BCUT2D eigenvalue weighted by Crippen LogP contribution is -2.42. The molecule has 1 amide bonds. The third-order valence-corrected chi connectivity index (χ3v) is 3.40. The highest BCUT2D eigenvalue weighted by Gasteiger charge is 2.04. The van der Waals surface area contributed by atoms with Crippen LogP contribution in [0.5, 0.6) is 0 Å². The lowest BCUT2D eigenvalue weighted by Gasteiger charge is -2.12. The maximum atomic E-state index is 11.9. The number of rotatable bonds is 7. The number of hydrogen-bond acceptors (Lipinski definition) is 3. The minimum absolute atomic E-state index is 0. The molecule has 1 aromatic carbocycles. The number of pyridine rings is 1. The number of benzene rings is 1. The van der Waals surface area contributed by atoms with Gasteiger partial charge in [-0.1, -0.05) is 30.3 Å². The van der Waals surface area contributed by atoms with E-state index in [1.165, 1.54) is 5.56 Å². The van der Waals surface area contributed by atoms with Crippen LogP contribution in [0.3, 0.4) is 0 Å². The SMILES string of the molecule is CN=C(NCCNC(=O)c1cccnc1)NCCc1ccccc1.I. The zero-order valence-corrected chi connectivity index (χ0v) is 16.6. The zero-order chi connectivity index (χ0) is 17.0. The highest BCUT2D eigenvalue weighted by atomic mass is 127. The normalized spacial score (nSPS) is 10.5. The summed E-state index contributed by atoms with van der Waals surface area (Å²) in [6.07, 6.45) is 4.12. The molecular formula is C18H24IN5O. The maximum Gasteiger partial charge on any atom is 0.252 e. The first kappa shape index (κ1) is 20.9. The van der Waals surface area contributed by atoms with Gasteiger partial charge in [-0.25, -0.2) is 0 Å². The highest BCUT2D eigenvalue weighted by Crippen LogP contribution is 1.98. The molecule has 134 valence electrons. The van der Waals surface area contributed by atoms with E-state index in [1.807, 2.05) is 18.2 Å². The Morgan fingerprint density at radius 2 is 1.72 bits per heavy atom. The number of aliphatic imine (C=N–C) groups is 1. The topological polar surface area (TPSA) is 78.4 Å². The largest absolute Gasteiger partial charge is 0.356 e. The van der Waals surface area contributed by atoms with Gasteiger partial charge in [0, 0.05) is 39.1 Å². The van der Waals surface area contributed by atoms with Crippen molar-refractivity contribution in [2.24, 2.45) is 4.99 Å². The number of carbonyl (C=O) groups excluding carboxylic acids is 1. The van der Waals surface area contributed by atoms with Gasteiger partial charge >= 0.3 is 0 Å². The lowest BCUT2D eigenvalue weighted by atomic mass is 10.1. The molecular weight excluding hydrogens is 429 g/mol. The van der Waals surface area contributed by atoms with Crippen LogP contribution in [0.2, 0.25) is 0 Å². The minimum atomic E-state index is -0.128. The molecule has 0 radical (unpaired) electrons. The average molecular weight is 453 g/mol. The molecule has 0 saturated heterocycles. The molecule has 3 N–H and O–H groups in total. The summed E-state index contributed by atoms with van der Waals surface area (Å²) in [6.45, 7) is 1.90. The van der Waals surface area contributed by atoms with Gasteiger partial charge in [0.05, 0.1) is 5.56 Å². The molecule has 0 saturated carbocycles. The number of aromatic nitrogens is 1. The quantitative estimate of drug-likeness (QED) is 0.259.